The lowest BCUT2D eigenvalue weighted by molar-refractivity contribution is 0.00578. The number of nitrogens with two attached hydrogens (primary N) is 1. The van der Waals surface area contributed by atoms with Crippen LogP contribution in [0, 0.1) is 6.92 Å². The van der Waals surface area contributed by atoms with Crippen LogP contribution >= 0.6 is 11.6 Å². The summed E-state index contributed by atoms with van der Waals surface area (Å²) in [6, 6.07) is 3.41. The fourth-order valence-electron chi connectivity index (χ4n) is 2.29. The molecule has 0 aliphatic carbocycles. The molecule has 0 unspecified atom stereocenters. The first kappa shape index (κ1) is 17.4. The van der Waals surface area contributed by atoms with E-state index in [1.165, 1.54) is 0 Å². The molecule has 3 N–H and O–H groups in total. The predicted molar refractivity (Wildman–Crippen MR) is 91.0 cm³/mol. The van der Waals surface area contributed by atoms with E-state index in [0.717, 1.165) is 5.47 Å². The van der Waals surface area contributed by atoms with Gasteiger partial charge in [-0.05, 0) is 57.8 Å². The molecule has 0 spiro atoms. The van der Waals surface area contributed by atoms with Crippen LogP contribution in [-0.4, -0.2) is 30.0 Å². The Labute approximate surface area is 137 Å². The number of aromatic hydroxyl groups is 1. The van der Waals surface area contributed by atoms with Crippen LogP contribution in [0.15, 0.2) is 17.6 Å². The first-order chi connectivity index (χ1) is 10.1. The van der Waals surface area contributed by atoms with Crippen molar-refractivity contribution in [3.8, 4) is 5.75 Å². The van der Waals surface area contributed by atoms with Crippen LogP contribution in [0.1, 0.15) is 38.8 Å². The van der Waals surface area contributed by atoms with E-state index >= 15 is 0 Å². The normalized spacial score (nSPS) is 20.5. The number of phenols is 1. The Kier molecular flexibility index (Phi) is 4.65. The number of phenolic OH excluding ortho intramolecular Hbond substituents is 1. The van der Waals surface area contributed by atoms with Crippen LogP contribution in [0.25, 0.3) is 6.08 Å². The molecule has 6 heteroatoms. The minimum atomic E-state index is -0.534. The zero-order chi connectivity index (χ0) is 16.7. The summed E-state index contributed by atoms with van der Waals surface area (Å²) in [6.07, 6.45) is 1.79. The second kappa shape index (κ2) is 5.89. The average Bonchev–Trinajstić information content (AvgIpc) is 2.60. The summed E-state index contributed by atoms with van der Waals surface area (Å²) in [5.41, 5.74) is 7.08. The highest BCUT2D eigenvalue weighted by Gasteiger charge is 2.52. The highest BCUT2D eigenvalue weighted by atomic mass is 35.5. The SMILES string of the molecule is Cc1cc(Cl)cc(C=C(CN)B2OC(C)(C)C(C)(C)O2)c1O. The summed E-state index contributed by atoms with van der Waals surface area (Å²) >= 11 is 6.06. The van der Waals surface area contributed by atoms with Gasteiger partial charge in [0.1, 0.15) is 5.75 Å². The van der Waals surface area contributed by atoms with E-state index in [1.807, 2.05) is 27.7 Å². The Balaban J connectivity index is 2.38. The molecule has 0 amide bonds. The van der Waals surface area contributed by atoms with Crippen molar-refractivity contribution in [1.29, 1.82) is 0 Å². The monoisotopic (exact) mass is 323 g/mol. The quantitative estimate of drug-likeness (QED) is 0.838. The van der Waals surface area contributed by atoms with E-state index in [2.05, 4.69) is 0 Å². The predicted octanol–water partition coefficient (Wildman–Crippen LogP) is 3.33. The molecule has 0 bridgehead atoms. The van der Waals surface area contributed by atoms with Gasteiger partial charge in [-0.2, -0.15) is 0 Å². The van der Waals surface area contributed by atoms with Crippen molar-refractivity contribution in [1.82, 2.24) is 0 Å². The Bertz CT molecular complexity index is 598. The van der Waals surface area contributed by atoms with Gasteiger partial charge in [-0.25, -0.2) is 0 Å². The van der Waals surface area contributed by atoms with Gasteiger partial charge >= 0.3 is 7.12 Å². The summed E-state index contributed by atoms with van der Waals surface area (Å²) < 4.78 is 12.0. The van der Waals surface area contributed by atoms with E-state index in [4.69, 9.17) is 26.6 Å². The maximum absolute atomic E-state index is 10.2. The summed E-state index contributed by atoms with van der Waals surface area (Å²) in [4.78, 5) is 0. The minimum Gasteiger partial charge on any atom is -0.507 e. The van der Waals surface area contributed by atoms with Crippen LogP contribution < -0.4 is 5.73 Å². The molecule has 1 fully saturated rings. The number of halogens is 1. The van der Waals surface area contributed by atoms with Crippen molar-refractivity contribution >= 4 is 24.8 Å². The van der Waals surface area contributed by atoms with Gasteiger partial charge in [0, 0.05) is 17.1 Å². The zero-order valence-corrected chi connectivity index (χ0v) is 14.5. The van der Waals surface area contributed by atoms with E-state index in [9.17, 15) is 5.11 Å². The van der Waals surface area contributed by atoms with Gasteiger partial charge in [0.2, 0.25) is 0 Å². The van der Waals surface area contributed by atoms with Gasteiger partial charge in [0.15, 0.2) is 0 Å². The Morgan fingerprint density at radius 1 is 1.27 bits per heavy atom. The molecule has 120 valence electrons. The van der Waals surface area contributed by atoms with Crippen molar-refractivity contribution in [2.75, 3.05) is 6.54 Å². The van der Waals surface area contributed by atoms with Crippen molar-refractivity contribution in [3.05, 3.63) is 33.8 Å². The molecule has 22 heavy (non-hydrogen) atoms. The number of hydrogen-bond donors (Lipinski definition) is 2. The zero-order valence-electron chi connectivity index (χ0n) is 13.7. The Hall–Kier alpha value is -1.01. The van der Waals surface area contributed by atoms with Crippen molar-refractivity contribution in [2.24, 2.45) is 5.73 Å². The second-order valence-electron chi connectivity index (χ2n) is 6.67. The average molecular weight is 324 g/mol. The van der Waals surface area contributed by atoms with Crippen LogP contribution in [0.2, 0.25) is 5.02 Å². The van der Waals surface area contributed by atoms with Crippen LogP contribution in [-0.2, 0) is 9.31 Å². The largest absolute Gasteiger partial charge is 0.507 e. The maximum atomic E-state index is 10.2. The van der Waals surface area contributed by atoms with Crippen LogP contribution in [0.5, 0.6) is 5.75 Å². The highest BCUT2D eigenvalue weighted by Crippen LogP contribution is 2.39. The third kappa shape index (κ3) is 3.18. The van der Waals surface area contributed by atoms with Crippen molar-refractivity contribution in [2.45, 2.75) is 45.8 Å². The van der Waals surface area contributed by atoms with E-state index in [1.54, 1.807) is 25.1 Å². The first-order valence-corrected chi connectivity index (χ1v) is 7.70. The van der Waals surface area contributed by atoms with Gasteiger partial charge in [-0.15, -0.1) is 0 Å². The summed E-state index contributed by atoms with van der Waals surface area (Å²) in [6.45, 7) is 10.0. The molecule has 0 atom stereocenters. The minimum absolute atomic E-state index is 0.187. The van der Waals surface area contributed by atoms with Gasteiger partial charge in [0.25, 0.3) is 0 Å². The highest BCUT2D eigenvalue weighted by molar-refractivity contribution is 6.56. The number of rotatable bonds is 3. The molecular weight excluding hydrogens is 300 g/mol. The first-order valence-electron chi connectivity index (χ1n) is 7.32. The molecule has 4 nitrogen and oxygen atoms in total. The molecule has 1 aromatic rings. The Morgan fingerprint density at radius 3 is 2.32 bits per heavy atom. The van der Waals surface area contributed by atoms with Gasteiger partial charge in [0.05, 0.1) is 11.2 Å². The number of aryl methyl sites for hydroxylation is 1. The maximum Gasteiger partial charge on any atom is 0.491 e. The molecule has 1 aromatic carbocycles. The lowest BCUT2D eigenvalue weighted by Gasteiger charge is -2.32. The molecular formula is C16H23BClNO3. The number of benzene rings is 1. The Morgan fingerprint density at radius 2 is 1.82 bits per heavy atom. The standard InChI is InChI=1S/C16H23BClNO3/c1-10-6-13(18)8-11(14(10)20)7-12(9-19)17-21-15(2,3)16(4,5)22-17/h6-8,20H,9,19H2,1-5H3. The summed E-state index contributed by atoms with van der Waals surface area (Å²) in [5.74, 6) is 0.187. The summed E-state index contributed by atoms with van der Waals surface area (Å²) in [5, 5.41) is 10.8. The van der Waals surface area contributed by atoms with Crippen molar-refractivity contribution in [3.63, 3.8) is 0 Å². The topological polar surface area (TPSA) is 64.7 Å². The molecule has 1 aliphatic heterocycles. The van der Waals surface area contributed by atoms with Crippen LogP contribution in [0.4, 0.5) is 0 Å². The van der Waals surface area contributed by atoms with Crippen molar-refractivity contribution < 1.29 is 14.4 Å². The molecule has 0 saturated carbocycles. The smallest absolute Gasteiger partial charge is 0.491 e. The van der Waals surface area contributed by atoms with Crippen LogP contribution in [0.3, 0.4) is 0 Å². The lowest BCUT2D eigenvalue weighted by Crippen LogP contribution is -2.41. The molecule has 1 saturated heterocycles. The van der Waals surface area contributed by atoms with E-state index in [0.29, 0.717) is 16.1 Å². The lowest BCUT2D eigenvalue weighted by atomic mass is 9.77. The number of hydrogen-bond acceptors (Lipinski definition) is 4. The molecule has 2 rings (SSSR count). The second-order valence-corrected chi connectivity index (χ2v) is 7.11. The van der Waals surface area contributed by atoms with Gasteiger partial charge < -0.3 is 20.1 Å². The van der Waals surface area contributed by atoms with E-state index in [-0.39, 0.29) is 12.3 Å². The van der Waals surface area contributed by atoms with E-state index < -0.39 is 18.3 Å². The summed E-state index contributed by atoms with van der Waals surface area (Å²) in [7, 11) is -0.534. The fraction of sp³-hybridized carbons (Fsp3) is 0.500. The van der Waals surface area contributed by atoms with Gasteiger partial charge in [-0.3, -0.25) is 0 Å². The third-order valence-electron chi connectivity index (χ3n) is 4.43. The fourth-order valence-corrected chi connectivity index (χ4v) is 2.57. The third-order valence-corrected chi connectivity index (χ3v) is 4.65. The molecule has 1 heterocycles. The molecule has 0 radical (unpaired) electrons. The van der Waals surface area contributed by atoms with Gasteiger partial charge in [-0.1, -0.05) is 17.7 Å². The molecule has 1 aliphatic rings. The molecule has 0 aromatic heterocycles.